The van der Waals surface area contributed by atoms with E-state index < -0.39 is 74.6 Å². The van der Waals surface area contributed by atoms with Crippen LogP contribution >= 0.6 is 0 Å². The van der Waals surface area contributed by atoms with Gasteiger partial charge < -0.3 is 55.1 Å². The second-order valence-corrected chi connectivity index (χ2v) is 5.53. The maximum atomic E-state index is 9.94. The minimum absolute atomic E-state index is 0.651. The Bertz CT molecular complexity index is 380. The number of hydrogen-bond acceptors (Lipinski definition) is 11. The molecule has 0 aromatic heterocycles. The number of hydrogen-bond donors (Lipinski definition) is 8. The highest BCUT2D eigenvalue weighted by Crippen LogP contribution is 2.28. The Morgan fingerprint density at radius 1 is 0.652 bits per heavy atom. The van der Waals surface area contributed by atoms with E-state index in [4.69, 9.17) is 24.4 Å². The zero-order valence-electron chi connectivity index (χ0n) is 12.0. The lowest BCUT2D eigenvalue weighted by molar-refractivity contribution is -0.361. The molecular weight excluding hydrogens is 320 g/mol. The summed E-state index contributed by atoms with van der Waals surface area (Å²) in [7, 11) is 0. The summed E-state index contributed by atoms with van der Waals surface area (Å²) >= 11 is 0. The van der Waals surface area contributed by atoms with Crippen LogP contribution < -0.4 is 0 Å². The molecule has 0 bridgehead atoms. The minimum Gasteiger partial charge on any atom is -0.394 e. The van der Waals surface area contributed by atoms with Crippen molar-refractivity contribution in [2.75, 3.05) is 13.2 Å². The summed E-state index contributed by atoms with van der Waals surface area (Å²) in [5.41, 5.74) is 0. The predicted molar refractivity (Wildman–Crippen MR) is 68.6 cm³/mol. The standard InChI is InChI=1S/C12H22O11/c13-1-3-6(16)8(18)10(11(20)21-3)23-12-9(19)7(17)5(15)4(2-14)22-12/h3-20H,1-2H2/t3-,4-,5-,6-,7+,8+,9+,10-,11+,12?/m1/s1. The molecule has 2 saturated heterocycles. The molecule has 2 rings (SSSR count). The van der Waals surface area contributed by atoms with Gasteiger partial charge in [0.15, 0.2) is 12.6 Å². The average Bonchev–Trinajstić information content (AvgIpc) is 2.54. The summed E-state index contributed by atoms with van der Waals surface area (Å²) in [5.74, 6) is 0. The second kappa shape index (κ2) is 7.63. The molecule has 0 radical (unpaired) electrons. The smallest absolute Gasteiger partial charge is 0.187 e. The molecule has 0 aliphatic carbocycles. The lowest BCUT2D eigenvalue weighted by atomic mass is 9.97. The first-order chi connectivity index (χ1) is 10.8. The Balaban J connectivity index is 2.08. The Hall–Kier alpha value is -0.440. The number of ether oxygens (including phenoxy) is 3. The lowest BCUT2D eigenvalue weighted by Crippen LogP contribution is -2.64. The fourth-order valence-corrected chi connectivity index (χ4v) is 2.55. The van der Waals surface area contributed by atoms with E-state index in [9.17, 15) is 30.6 Å². The summed E-state index contributed by atoms with van der Waals surface area (Å²) < 4.78 is 15.1. The van der Waals surface area contributed by atoms with Crippen molar-refractivity contribution >= 4 is 0 Å². The highest BCUT2D eigenvalue weighted by atomic mass is 16.7. The van der Waals surface area contributed by atoms with Crippen molar-refractivity contribution in [3.05, 3.63) is 0 Å². The van der Waals surface area contributed by atoms with Crippen LogP contribution in [0.3, 0.4) is 0 Å². The third-order valence-electron chi connectivity index (χ3n) is 3.98. The van der Waals surface area contributed by atoms with Gasteiger partial charge in [0.05, 0.1) is 13.2 Å². The Morgan fingerprint density at radius 2 is 1.17 bits per heavy atom. The van der Waals surface area contributed by atoms with E-state index in [1.807, 2.05) is 0 Å². The van der Waals surface area contributed by atoms with Gasteiger partial charge in [0.1, 0.15) is 48.8 Å². The van der Waals surface area contributed by atoms with Crippen LogP contribution in [0.4, 0.5) is 0 Å². The molecule has 2 aliphatic rings. The number of aliphatic hydroxyl groups is 8. The molecular formula is C12H22O11. The van der Waals surface area contributed by atoms with E-state index in [0.717, 1.165) is 0 Å². The van der Waals surface area contributed by atoms with Crippen molar-refractivity contribution in [1.29, 1.82) is 0 Å². The SMILES string of the molecule is OC[C@H]1O[C@H](O)[C@H](OC2O[C@H](CO)[C@@H](O)[C@H](O)[C@@H]2O)[C@@H](O)[C@@H]1O. The Morgan fingerprint density at radius 3 is 1.74 bits per heavy atom. The number of rotatable bonds is 4. The summed E-state index contributed by atoms with van der Waals surface area (Å²) in [4.78, 5) is 0. The first kappa shape index (κ1) is 18.9. The van der Waals surface area contributed by atoms with Crippen molar-refractivity contribution in [3.63, 3.8) is 0 Å². The van der Waals surface area contributed by atoms with Crippen LogP contribution in [-0.4, -0.2) is 115 Å². The van der Waals surface area contributed by atoms with Gasteiger partial charge in [-0.15, -0.1) is 0 Å². The Labute approximate surface area is 130 Å². The average molecular weight is 342 g/mol. The predicted octanol–water partition coefficient (Wildman–Crippen LogP) is -5.40. The summed E-state index contributed by atoms with van der Waals surface area (Å²) in [5, 5.41) is 76.7. The van der Waals surface area contributed by atoms with E-state index >= 15 is 0 Å². The lowest BCUT2D eigenvalue weighted by Gasteiger charge is -2.44. The monoisotopic (exact) mass is 342 g/mol. The topological polar surface area (TPSA) is 190 Å². The zero-order valence-corrected chi connectivity index (χ0v) is 12.0. The molecule has 11 nitrogen and oxygen atoms in total. The van der Waals surface area contributed by atoms with Gasteiger partial charge in [0.2, 0.25) is 0 Å². The fourth-order valence-electron chi connectivity index (χ4n) is 2.55. The summed E-state index contributed by atoms with van der Waals surface area (Å²) in [6.07, 6.45) is -15.6. The molecule has 10 atom stereocenters. The van der Waals surface area contributed by atoms with Gasteiger partial charge >= 0.3 is 0 Å². The largest absolute Gasteiger partial charge is 0.394 e. The van der Waals surface area contributed by atoms with Crippen LogP contribution in [0.5, 0.6) is 0 Å². The first-order valence-electron chi connectivity index (χ1n) is 7.08. The molecule has 0 saturated carbocycles. The van der Waals surface area contributed by atoms with Crippen LogP contribution in [0.15, 0.2) is 0 Å². The fraction of sp³-hybridized carbons (Fsp3) is 1.00. The van der Waals surface area contributed by atoms with Gasteiger partial charge in [0.25, 0.3) is 0 Å². The van der Waals surface area contributed by atoms with E-state index in [2.05, 4.69) is 0 Å². The normalized spacial score (nSPS) is 51.7. The van der Waals surface area contributed by atoms with Crippen LogP contribution in [0.1, 0.15) is 0 Å². The van der Waals surface area contributed by atoms with Crippen molar-refractivity contribution in [2.24, 2.45) is 0 Å². The molecule has 0 aromatic rings. The summed E-state index contributed by atoms with van der Waals surface area (Å²) in [6, 6.07) is 0. The molecule has 1 unspecified atom stereocenters. The molecule has 0 spiro atoms. The highest BCUT2D eigenvalue weighted by Gasteiger charge is 2.50. The number of aliphatic hydroxyl groups excluding tert-OH is 8. The summed E-state index contributed by atoms with van der Waals surface area (Å²) in [6.45, 7) is -1.33. The van der Waals surface area contributed by atoms with Gasteiger partial charge in [-0.3, -0.25) is 0 Å². The maximum absolute atomic E-state index is 9.94. The van der Waals surface area contributed by atoms with E-state index in [-0.39, 0.29) is 0 Å². The van der Waals surface area contributed by atoms with Gasteiger partial charge in [0, 0.05) is 0 Å². The van der Waals surface area contributed by atoms with Crippen molar-refractivity contribution in [3.8, 4) is 0 Å². The third kappa shape index (κ3) is 3.65. The molecule has 0 amide bonds. The molecule has 2 fully saturated rings. The van der Waals surface area contributed by atoms with Crippen LogP contribution in [0.25, 0.3) is 0 Å². The molecule has 11 heteroatoms. The van der Waals surface area contributed by atoms with Gasteiger partial charge in [-0.1, -0.05) is 0 Å². The van der Waals surface area contributed by atoms with E-state index in [0.29, 0.717) is 0 Å². The molecule has 0 aromatic carbocycles. The Kier molecular flexibility index (Phi) is 6.27. The van der Waals surface area contributed by atoms with Gasteiger partial charge in [-0.25, -0.2) is 0 Å². The van der Waals surface area contributed by atoms with Crippen LogP contribution in [-0.2, 0) is 14.2 Å². The molecule has 2 heterocycles. The van der Waals surface area contributed by atoms with Crippen molar-refractivity contribution in [2.45, 2.75) is 61.4 Å². The molecule has 136 valence electrons. The third-order valence-corrected chi connectivity index (χ3v) is 3.98. The van der Waals surface area contributed by atoms with E-state index in [1.165, 1.54) is 0 Å². The molecule has 23 heavy (non-hydrogen) atoms. The molecule has 2 aliphatic heterocycles. The van der Waals surface area contributed by atoms with Crippen molar-refractivity contribution in [1.82, 2.24) is 0 Å². The maximum Gasteiger partial charge on any atom is 0.187 e. The highest BCUT2D eigenvalue weighted by molar-refractivity contribution is 4.93. The van der Waals surface area contributed by atoms with E-state index in [1.54, 1.807) is 0 Å². The van der Waals surface area contributed by atoms with Gasteiger partial charge in [-0.05, 0) is 0 Å². The first-order valence-corrected chi connectivity index (χ1v) is 7.08. The second-order valence-electron chi connectivity index (χ2n) is 5.53. The van der Waals surface area contributed by atoms with Crippen molar-refractivity contribution < 1.29 is 55.1 Å². The van der Waals surface area contributed by atoms with Crippen LogP contribution in [0.2, 0.25) is 0 Å². The zero-order chi connectivity index (χ0) is 17.3. The molecule has 8 N–H and O–H groups in total. The van der Waals surface area contributed by atoms with Crippen LogP contribution in [0, 0.1) is 0 Å². The minimum atomic E-state index is -1.75. The van der Waals surface area contributed by atoms with Gasteiger partial charge in [-0.2, -0.15) is 0 Å². The quantitative estimate of drug-likeness (QED) is 0.243.